The summed E-state index contributed by atoms with van der Waals surface area (Å²) in [6.07, 6.45) is 1.94. The van der Waals surface area contributed by atoms with Gasteiger partial charge in [0, 0.05) is 25.0 Å². The number of amides is 1. The zero-order valence-electron chi connectivity index (χ0n) is 19.6. The minimum atomic E-state index is -0.566. The average molecular weight is 459 g/mol. The minimum Gasteiger partial charge on any atom is -0.467 e. The summed E-state index contributed by atoms with van der Waals surface area (Å²) in [7, 11) is 1.36. The fourth-order valence-corrected chi connectivity index (χ4v) is 5.52. The highest BCUT2D eigenvalue weighted by atomic mass is 16.6. The van der Waals surface area contributed by atoms with Gasteiger partial charge in [0.1, 0.15) is 17.3 Å². The van der Waals surface area contributed by atoms with E-state index in [4.69, 9.17) is 9.47 Å². The van der Waals surface area contributed by atoms with Gasteiger partial charge in [-0.05, 0) is 40.0 Å². The first kappa shape index (κ1) is 21.7. The molecule has 1 aliphatic carbocycles. The molecule has 4 heterocycles. The Morgan fingerprint density at radius 2 is 1.85 bits per heavy atom. The van der Waals surface area contributed by atoms with Gasteiger partial charge in [-0.3, -0.25) is 4.79 Å². The van der Waals surface area contributed by atoms with Crippen LogP contribution in [0.4, 0.5) is 10.5 Å². The minimum absolute atomic E-state index is 0.0115. The Labute approximate surface area is 191 Å². The van der Waals surface area contributed by atoms with Crippen LogP contribution in [-0.2, 0) is 14.3 Å². The van der Waals surface area contributed by atoms with E-state index in [0.29, 0.717) is 30.8 Å². The van der Waals surface area contributed by atoms with Crippen molar-refractivity contribution < 1.29 is 19.1 Å². The van der Waals surface area contributed by atoms with Gasteiger partial charge in [-0.25, -0.2) is 9.59 Å². The maximum absolute atomic E-state index is 13.6. The number of aromatic amines is 1. The number of esters is 1. The van der Waals surface area contributed by atoms with Crippen LogP contribution < -0.4 is 10.3 Å². The van der Waals surface area contributed by atoms with E-state index >= 15 is 0 Å². The number of aromatic nitrogens is 4. The lowest BCUT2D eigenvalue weighted by molar-refractivity contribution is -0.144. The van der Waals surface area contributed by atoms with Crippen molar-refractivity contribution in [1.82, 2.24) is 24.9 Å². The van der Waals surface area contributed by atoms with Crippen LogP contribution in [0.3, 0.4) is 0 Å². The van der Waals surface area contributed by atoms with Crippen molar-refractivity contribution in [3.63, 3.8) is 0 Å². The molecule has 1 amide bonds. The smallest absolute Gasteiger partial charge is 0.410 e. The number of carbonyl (C=O) groups is 2. The molecule has 1 saturated heterocycles. The lowest BCUT2D eigenvalue weighted by atomic mass is 9.81. The Morgan fingerprint density at radius 3 is 2.48 bits per heavy atom. The van der Waals surface area contributed by atoms with Crippen LogP contribution in [0.1, 0.15) is 64.6 Å². The van der Waals surface area contributed by atoms with E-state index in [9.17, 15) is 14.4 Å². The summed E-state index contributed by atoms with van der Waals surface area (Å²) in [6, 6.07) is -0.570. The van der Waals surface area contributed by atoms with Crippen molar-refractivity contribution in [1.29, 1.82) is 0 Å². The normalized spacial score (nSPS) is 26.6. The zero-order chi connectivity index (χ0) is 23.7. The lowest BCUT2D eigenvalue weighted by Crippen LogP contribution is -2.67. The molecular weight excluding hydrogens is 428 g/mol. The van der Waals surface area contributed by atoms with E-state index in [1.165, 1.54) is 7.11 Å². The SMILES string of the molecule is COC(=O)C1CC(C)c2c(N3CCN(C(=O)OC(C)(C)C)[C@H]4CC[C@@H]43)c(=O)c3n[nH]nc3n21. The molecule has 11 heteroatoms. The van der Waals surface area contributed by atoms with Gasteiger partial charge in [-0.2, -0.15) is 10.3 Å². The predicted octanol–water partition coefficient (Wildman–Crippen LogP) is 1.93. The molecule has 2 aliphatic heterocycles. The largest absolute Gasteiger partial charge is 0.467 e. The number of ether oxygens (including phenoxy) is 2. The van der Waals surface area contributed by atoms with E-state index in [0.717, 1.165) is 18.5 Å². The number of anilines is 1. The molecule has 11 nitrogen and oxygen atoms in total. The molecule has 3 aliphatic rings. The summed E-state index contributed by atoms with van der Waals surface area (Å²) in [5, 5.41) is 10.8. The number of hydrogen-bond donors (Lipinski definition) is 1. The third kappa shape index (κ3) is 3.27. The number of pyridine rings is 1. The summed E-state index contributed by atoms with van der Waals surface area (Å²) in [6.45, 7) is 8.54. The molecule has 178 valence electrons. The number of fused-ring (bicyclic) bond motifs is 4. The number of rotatable bonds is 2. The number of methoxy groups -OCH3 is 1. The number of H-pyrrole nitrogens is 1. The van der Waals surface area contributed by atoms with Crippen LogP contribution >= 0.6 is 0 Å². The Morgan fingerprint density at radius 1 is 1.12 bits per heavy atom. The fourth-order valence-electron chi connectivity index (χ4n) is 5.52. The maximum atomic E-state index is 13.6. The van der Waals surface area contributed by atoms with Gasteiger partial charge in [-0.1, -0.05) is 6.92 Å². The fraction of sp³-hybridized carbons (Fsp3) is 0.682. The molecular formula is C22H30N6O5. The van der Waals surface area contributed by atoms with Crippen LogP contribution in [0.15, 0.2) is 4.79 Å². The van der Waals surface area contributed by atoms with Gasteiger partial charge in [0.15, 0.2) is 11.2 Å². The summed E-state index contributed by atoms with van der Waals surface area (Å²) in [4.78, 5) is 42.9. The Hall–Kier alpha value is -3.11. The summed E-state index contributed by atoms with van der Waals surface area (Å²) in [5.41, 5.74) is 1.17. The second kappa shape index (κ2) is 7.46. The molecule has 0 aromatic carbocycles. The van der Waals surface area contributed by atoms with E-state index in [-0.39, 0.29) is 41.0 Å². The zero-order valence-corrected chi connectivity index (χ0v) is 19.6. The molecule has 0 radical (unpaired) electrons. The molecule has 1 saturated carbocycles. The molecule has 0 spiro atoms. The van der Waals surface area contributed by atoms with Crippen molar-refractivity contribution in [3.8, 4) is 0 Å². The van der Waals surface area contributed by atoms with E-state index < -0.39 is 11.6 Å². The number of nitrogens with zero attached hydrogens (tertiary/aromatic N) is 5. The summed E-state index contributed by atoms with van der Waals surface area (Å²) in [5.74, 6) is -0.406. The predicted molar refractivity (Wildman–Crippen MR) is 119 cm³/mol. The Kier molecular flexibility index (Phi) is 4.91. The quantitative estimate of drug-likeness (QED) is 0.678. The van der Waals surface area contributed by atoms with E-state index in [1.807, 2.05) is 32.3 Å². The Bertz CT molecular complexity index is 1180. The van der Waals surface area contributed by atoms with Crippen molar-refractivity contribution in [2.45, 2.75) is 76.6 Å². The monoisotopic (exact) mass is 458 g/mol. The molecule has 1 N–H and O–H groups in total. The van der Waals surface area contributed by atoms with Gasteiger partial charge in [-0.15, -0.1) is 5.10 Å². The highest BCUT2D eigenvalue weighted by Gasteiger charge is 2.49. The van der Waals surface area contributed by atoms with Crippen LogP contribution in [0.2, 0.25) is 0 Å². The molecule has 5 rings (SSSR count). The average Bonchev–Trinajstić information content (AvgIpc) is 3.32. The van der Waals surface area contributed by atoms with Gasteiger partial charge in [0.2, 0.25) is 5.43 Å². The van der Waals surface area contributed by atoms with Gasteiger partial charge < -0.3 is 23.8 Å². The molecule has 2 unspecified atom stereocenters. The second-order valence-corrected chi connectivity index (χ2v) is 10.2. The number of hydrogen-bond acceptors (Lipinski definition) is 8. The first-order valence-corrected chi connectivity index (χ1v) is 11.4. The van der Waals surface area contributed by atoms with Crippen LogP contribution in [0.5, 0.6) is 0 Å². The summed E-state index contributed by atoms with van der Waals surface area (Å²) >= 11 is 0. The topological polar surface area (TPSA) is 123 Å². The molecule has 2 aromatic rings. The number of piperazine rings is 1. The number of carbonyl (C=O) groups excluding carboxylic acids is 2. The van der Waals surface area contributed by atoms with E-state index in [1.54, 1.807) is 4.90 Å². The van der Waals surface area contributed by atoms with Crippen LogP contribution in [0, 0.1) is 0 Å². The molecule has 0 bridgehead atoms. The third-order valence-corrected chi connectivity index (χ3v) is 7.02. The first-order chi connectivity index (χ1) is 15.6. The third-order valence-electron chi connectivity index (χ3n) is 7.02. The lowest BCUT2D eigenvalue weighted by Gasteiger charge is -2.54. The van der Waals surface area contributed by atoms with Crippen LogP contribution in [0.25, 0.3) is 11.2 Å². The molecule has 2 fully saturated rings. The maximum Gasteiger partial charge on any atom is 0.410 e. The Balaban J connectivity index is 1.57. The van der Waals surface area contributed by atoms with Crippen molar-refractivity contribution in [2.75, 3.05) is 25.1 Å². The second-order valence-electron chi connectivity index (χ2n) is 10.2. The van der Waals surface area contributed by atoms with Crippen molar-refractivity contribution in [3.05, 3.63) is 15.9 Å². The highest BCUT2D eigenvalue weighted by molar-refractivity contribution is 5.83. The first-order valence-electron chi connectivity index (χ1n) is 11.4. The molecule has 2 aromatic heterocycles. The van der Waals surface area contributed by atoms with Gasteiger partial charge in [0.25, 0.3) is 0 Å². The standard InChI is InChI=1S/C22H30N6O5/c1-11-10-14(20(30)32-5)28-16(11)17(18(29)15-19(28)24-25-23-15)26-8-9-27(13-7-6-12(13)26)21(31)33-22(2,3)4/h11-14H,6-10H2,1-5H3,(H,23,24,25)/t11?,12-,13-,14?/m0/s1. The van der Waals surface area contributed by atoms with Gasteiger partial charge >= 0.3 is 12.1 Å². The highest BCUT2D eigenvalue weighted by Crippen LogP contribution is 2.45. The van der Waals surface area contributed by atoms with Crippen molar-refractivity contribution in [2.24, 2.45) is 0 Å². The number of nitrogens with one attached hydrogen (secondary N) is 1. The molecule has 33 heavy (non-hydrogen) atoms. The summed E-state index contributed by atoms with van der Waals surface area (Å²) < 4.78 is 12.5. The van der Waals surface area contributed by atoms with E-state index in [2.05, 4.69) is 20.3 Å². The van der Waals surface area contributed by atoms with Crippen LogP contribution in [-0.4, -0.2) is 74.8 Å². The van der Waals surface area contributed by atoms with Crippen molar-refractivity contribution >= 4 is 28.9 Å². The van der Waals surface area contributed by atoms with Gasteiger partial charge in [0.05, 0.1) is 18.8 Å². The molecule has 4 atom stereocenters.